The van der Waals surface area contributed by atoms with Crippen LogP contribution in [0.5, 0.6) is 0 Å². The maximum Gasteiger partial charge on any atom is 0.191 e. The Morgan fingerprint density at radius 2 is 1.96 bits per heavy atom. The number of nitrogens with one attached hydrogen (secondary N) is 2. The summed E-state index contributed by atoms with van der Waals surface area (Å²) in [6.45, 7) is 3.96. The van der Waals surface area contributed by atoms with Gasteiger partial charge in [0.25, 0.3) is 0 Å². The summed E-state index contributed by atoms with van der Waals surface area (Å²) < 4.78 is 0. The second-order valence-corrected chi connectivity index (χ2v) is 7.78. The van der Waals surface area contributed by atoms with Gasteiger partial charge in [-0.15, -0.1) is 35.3 Å². The van der Waals surface area contributed by atoms with E-state index in [4.69, 9.17) is 0 Å². The van der Waals surface area contributed by atoms with Crippen molar-refractivity contribution in [3.63, 3.8) is 0 Å². The predicted octanol–water partition coefficient (Wildman–Crippen LogP) is 4.29. The minimum Gasteiger partial charge on any atom is -0.356 e. The van der Waals surface area contributed by atoms with Crippen molar-refractivity contribution in [2.24, 2.45) is 4.99 Å². The highest BCUT2D eigenvalue weighted by molar-refractivity contribution is 14.0. The zero-order chi connectivity index (χ0) is 17.5. The quantitative estimate of drug-likeness (QED) is 0.255. The molecule has 0 radical (unpaired) electrons. The van der Waals surface area contributed by atoms with Gasteiger partial charge in [0.2, 0.25) is 0 Å². The Balaban J connectivity index is 0.00000243. The lowest BCUT2D eigenvalue weighted by Crippen LogP contribution is -2.41. The number of rotatable bonds is 8. The average molecular weight is 484 g/mol. The van der Waals surface area contributed by atoms with E-state index in [1.165, 1.54) is 23.4 Å². The Morgan fingerprint density at radius 3 is 2.58 bits per heavy atom. The molecule has 0 bridgehead atoms. The molecule has 1 fully saturated rings. The third kappa shape index (κ3) is 5.94. The fraction of sp³-hybridized carbons (Fsp3) is 0.500. The summed E-state index contributed by atoms with van der Waals surface area (Å²) in [6, 6.07) is 10.8. The minimum atomic E-state index is 0. The van der Waals surface area contributed by atoms with E-state index in [0.717, 1.165) is 44.0 Å². The summed E-state index contributed by atoms with van der Waals surface area (Å²) in [6.07, 6.45) is 5.87. The van der Waals surface area contributed by atoms with Gasteiger partial charge in [0, 0.05) is 36.6 Å². The van der Waals surface area contributed by atoms with Crippen molar-refractivity contribution in [2.75, 3.05) is 20.1 Å². The van der Waals surface area contributed by atoms with Crippen LogP contribution in [0.3, 0.4) is 0 Å². The fourth-order valence-corrected chi connectivity index (χ4v) is 3.93. The normalized spacial score (nSPS) is 15.2. The first kappa shape index (κ1) is 21.2. The van der Waals surface area contributed by atoms with Crippen molar-refractivity contribution in [2.45, 2.75) is 44.4 Å². The number of aryl methyl sites for hydroxylation is 2. The number of hydrogen-bond donors (Lipinski definition) is 2. The molecule has 0 saturated heterocycles. The molecule has 1 aromatic heterocycles. The van der Waals surface area contributed by atoms with Crippen LogP contribution in [0.15, 0.2) is 40.7 Å². The Hall–Kier alpha value is -1.15. The molecule has 0 unspecified atom stereocenters. The molecule has 0 aliphatic heterocycles. The molecule has 142 valence electrons. The van der Waals surface area contributed by atoms with Crippen LogP contribution in [0.1, 0.15) is 41.9 Å². The average Bonchev–Trinajstić information content (AvgIpc) is 3.33. The van der Waals surface area contributed by atoms with E-state index in [1.807, 2.05) is 7.05 Å². The highest BCUT2D eigenvalue weighted by Gasteiger charge is 2.43. The number of hydrogen-bond acceptors (Lipinski definition) is 3. The smallest absolute Gasteiger partial charge is 0.191 e. The molecule has 4 nitrogen and oxygen atoms in total. The van der Waals surface area contributed by atoms with Crippen molar-refractivity contribution in [1.82, 2.24) is 15.6 Å². The van der Waals surface area contributed by atoms with Gasteiger partial charge in [-0.1, -0.05) is 30.3 Å². The summed E-state index contributed by atoms with van der Waals surface area (Å²) in [5, 5.41) is 10.3. The van der Waals surface area contributed by atoms with E-state index < -0.39 is 0 Å². The second kappa shape index (κ2) is 10.3. The molecular formula is C20H29IN4S. The summed E-state index contributed by atoms with van der Waals surface area (Å²) in [5.41, 5.74) is 2.88. The Bertz CT molecular complexity index is 695. The zero-order valence-corrected chi connectivity index (χ0v) is 18.8. The first-order valence-electron chi connectivity index (χ1n) is 9.13. The van der Waals surface area contributed by atoms with Crippen molar-refractivity contribution < 1.29 is 0 Å². The topological polar surface area (TPSA) is 49.3 Å². The van der Waals surface area contributed by atoms with Gasteiger partial charge in [-0.2, -0.15) is 0 Å². The van der Waals surface area contributed by atoms with Gasteiger partial charge in [0.05, 0.1) is 5.01 Å². The Morgan fingerprint density at radius 1 is 1.19 bits per heavy atom. The first-order chi connectivity index (χ1) is 12.2. The largest absolute Gasteiger partial charge is 0.356 e. The zero-order valence-electron chi connectivity index (χ0n) is 15.6. The molecular weight excluding hydrogens is 455 g/mol. The van der Waals surface area contributed by atoms with Crippen molar-refractivity contribution >= 4 is 41.3 Å². The third-order valence-corrected chi connectivity index (χ3v) is 5.86. The summed E-state index contributed by atoms with van der Waals surface area (Å²) in [7, 11) is 1.84. The number of unbranched alkanes of at least 4 members (excludes halogenated alkanes) is 1. The van der Waals surface area contributed by atoms with Crippen LogP contribution >= 0.6 is 35.3 Å². The van der Waals surface area contributed by atoms with Crippen LogP contribution in [0.4, 0.5) is 0 Å². The number of aromatic nitrogens is 1. The lowest BCUT2D eigenvalue weighted by Gasteiger charge is -2.19. The van der Waals surface area contributed by atoms with Crippen LogP contribution in [0, 0.1) is 6.92 Å². The van der Waals surface area contributed by atoms with Crippen LogP contribution in [-0.4, -0.2) is 31.1 Å². The van der Waals surface area contributed by atoms with Gasteiger partial charge in [-0.05, 0) is 44.6 Å². The summed E-state index contributed by atoms with van der Waals surface area (Å²) >= 11 is 1.77. The van der Waals surface area contributed by atoms with Gasteiger partial charge >= 0.3 is 0 Å². The molecule has 1 aromatic carbocycles. The standard InChI is InChI=1S/C20H28N4S.HI/c1-16-14-25-18(24-16)10-6-7-13-22-19(21-2)23-15-20(11-12-20)17-8-4-3-5-9-17;/h3-5,8-9,14H,6-7,10-13,15H2,1-2H3,(H2,21,22,23);1H. The Kier molecular flexibility index (Phi) is 8.34. The van der Waals surface area contributed by atoms with Gasteiger partial charge in [0.15, 0.2) is 5.96 Å². The van der Waals surface area contributed by atoms with Crippen LogP contribution in [0.2, 0.25) is 0 Å². The van der Waals surface area contributed by atoms with Crippen LogP contribution in [0.25, 0.3) is 0 Å². The molecule has 1 aliphatic carbocycles. The van der Waals surface area contributed by atoms with E-state index in [2.05, 4.69) is 63.2 Å². The molecule has 6 heteroatoms. The molecule has 3 rings (SSSR count). The monoisotopic (exact) mass is 484 g/mol. The SMILES string of the molecule is CN=C(NCCCCc1nc(C)cs1)NCC1(c2ccccc2)CC1.I. The van der Waals surface area contributed by atoms with Crippen molar-refractivity contribution in [3.8, 4) is 0 Å². The Labute approximate surface area is 177 Å². The summed E-state index contributed by atoms with van der Waals surface area (Å²) in [5.74, 6) is 0.910. The van der Waals surface area contributed by atoms with Crippen LogP contribution in [-0.2, 0) is 11.8 Å². The number of thiazole rings is 1. The predicted molar refractivity (Wildman–Crippen MR) is 122 cm³/mol. The van der Waals surface area contributed by atoms with Gasteiger partial charge < -0.3 is 10.6 Å². The highest BCUT2D eigenvalue weighted by Crippen LogP contribution is 2.47. The molecule has 1 heterocycles. The van der Waals surface area contributed by atoms with E-state index in [9.17, 15) is 0 Å². The molecule has 26 heavy (non-hydrogen) atoms. The highest BCUT2D eigenvalue weighted by atomic mass is 127. The maximum absolute atomic E-state index is 4.51. The van der Waals surface area contributed by atoms with Crippen LogP contribution < -0.4 is 10.6 Å². The fourth-order valence-electron chi connectivity index (χ4n) is 3.11. The van der Waals surface area contributed by atoms with E-state index in [0.29, 0.717) is 5.41 Å². The molecule has 0 spiro atoms. The lowest BCUT2D eigenvalue weighted by molar-refractivity contribution is 0.636. The second-order valence-electron chi connectivity index (χ2n) is 6.84. The number of guanidine groups is 1. The van der Waals surface area contributed by atoms with Gasteiger partial charge in [-0.25, -0.2) is 4.98 Å². The molecule has 2 N–H and O–H groups in total. The maximum atomic E-state index is 4.51. The molecule has 2 aromatic rings. The van der Waals surface area contributed by atoms with E-state index in [1.54, 1.807) is 11.3 Å². The van der Waals surface area contributed by atoms with Gasteiger partial charge in [-0.3, -0.25) is 4.99 Å². The van der Waals surface area contributed by atoms with Crippen molar-refractivity contribution in [1.29, 1.82) is 0 Å². The van der Waals surface area contributed by atoms with Crippen molar-refractivity contribution in [3.05, 3.63) is 52.0 Å². The van der Waals surface area contributed by atoms with Gasteiger partial charge in [0.1, 0.15) is 0 Å². The number of aliphatic imine (C=N–C) groups is 1. The molecule has 0 atom stereocenters. The lowest BCUT2D eigenvalue weighted by atomic mass is 9.96. The minimum absolute atomic E-state index is 0. The number of benzene rings is 1. The first-order valence-corrected chi connectivity index (χ1v) is 10.0. The number of halogens is 1. The molecule has 1 saturated carbocycles. The van der Waals surface area contributed by atoms with E-state index >= 15 is 0 Å². The molecule has 1 aliphatic rings. The van der Waals surface area contributed by atoms with E-state index in [-0.39, 0.29) is 24.0 Å². The number of nitrogens with zero attached hydrogens (tertiary/aromatic N) is 2. The molecule has 0 amide bonds. The third-order valence-electron chi connectivity index (χ3n) is 4.83. The summed E-state index contributed by atoms with van der Waals surface area (Å²) in [4.78, 5) is 8.87.